The van der Waals surface area contributed by atoms with E-state index in [1.54, 1.807) is 0 Å². The van der Waals surface area contributed by atoms with Crippen LogP contribution in [0.1, 0.15) is 10.4 Å². The van der Waals surface area contributed by atoms with Crippen molar-refractivity contribution in [1.29, 1.82) is 0 Å². The second-order valence-electron chi connectivity index (χ2n) is 2.10. The second kappa shape index (κ2) is 4.08. The van der Waals surface area contributed by atoms with Gasteiger partial charge in [-0.1, -0.05) is 0 Å². The minimum absolute atomic E-state index is 0.208. The standard InChI is InChI=1S/C6H7N3O3S/c7-9(13(11)12)6(10)5-1-3-8-4-2-5/h1-4H,7H2,(H,11,12). The predicted molar refractivity (Wildman–Crippen MR) is 45.4 cm³/mol. The number of nitrogens with two attached hydrogens (primary N) is 1. The van der Waals surface area contributed by atoms with Crippen LogP contribution in [0.3, 0.4) is 0 Å². The number of hydrogen-bond donors (Lipinski definition) is 2. The SMILES string of the molecule is NN(C(=O)c1ccncc1)S(=O)O. The summed E-state index contributed by atoms with van der Waals surface area (Å²) in [6.07, 6.45) is 2.78. The van der Waals surface area contributed by atoms with Crippen LogP contribution in [0, 0.1) is 0 Å². The molecule has 0 bridgehead atoms. The Morgan fingerprint density at radius 1 is 1.54 bits per heavy atom. The molecule has 0 aliphatic rings. The summed E-state index contributed by atoms with van der Waals surface area (Å²) in [5.74, 6) is 4.27. The Hall–Kier alpha value is -1.31. The fraction of sp³-hybridized carbons (Fsp3) is 0. The molecule has 0 saturated carbocycles. The first kappa shape index (κ1) is 9.78. The highest BCUT2D eigenvalue weighted by Crippen LogP contribution is 2.00. The molecule has 1 aromatic rings. The minimum Gasteiger partial charge on any atom is -0.288 e. The van der Waals surface area contributed by atoms with Gasteiger partial charge in [-0.3, -0.25) is 14.3 Å². The lowest BCUT2D eigenvalue weighted by atomic mass is 10.3. The molecular weight excluding hydrogens is 194 g/mol. The van der Waals surface area contributed by atoms with Crippen molar-refractivity contribution in [3.05, 3.63) is 30.1 Å². The summed E-state index contributed by atoms with van der Waals surface area (Å²) in [7, 11) is 0. The Kier molecular flexibility index (Phi) is 3.07. The van der Waals surface area contributed by atoms with Crippen LogP contribution in [0.2, 0.25) is 0 Å². The van der Waals surface area contributed by atoms with Gasteiger partial charge >= 0.3 is 0 Å². The molecule has 0 aromatic carbocycles. The van der Waals surface area contributed by atoms with Crippen LogP contribution in [0.4, 0.5) is 0 Å². The number of rotatable bonds is 2. The first-order chi connectivity index (χ1) is 6.13. The van der Waals surface area contributed by atoms with Crippen molar-refractivity contribution in [2.45, 2.75) is 0 Å². The smallest absolute Gasteiger partial charge is 0.281 e. The number of nitrogens with zero attached hydrogens (tertiary/aromatic N) is 2. The van der Waals surface area contributed by atoms with Gasteiger partial charge in [-0.15, -0.1) is 0 Å². The molecular formula is C6H7N3O3S. The molecule has 1 unspecified atom stereocenters. The van der Waals surface area contributed by atoms with E-state index in [1.165, 1.54) is 24.5 Å². The topological polar surface area (TPSA) is 96.5 Å². The average Bonchev–Trinajstić information content (AvgIpc) is 2.17. The molecule has 3 N–H and O–H groups in total. The van der Waals surface area contributed by atoms with Gasteiger partial charge in [0.1, 0.15) is 0 Å². The number of hydrogen-bond acceptors (Lipinski definition) is 4. The fourth-order valence-corrected chi connectivity index (χ4v) is 0.940. The van der Waals surface area contributed by atoms with E-state index in [-0.39, 0.29) is 9.98 Å². The largest absolute Gasteiger partial charge is 0.288 e. The van der Waals surface area contributed by atoms with Gasteiger partial charge in [0, 0.05) is 18.0 Å². The second-order valence-corrected chi connectivity index (χ2v) is 2.95. The van der Waals surface area contributed by atoms with Crippen molar-refractivity contribution in [1.82, 2.24) is 9.40 Å². The number of pyridine rings is 1. The summed E-state index contributed by atoms with van der Waals surface area (Å²) in [6.45, 7) is 0. The van der Waals surface area contributed by atoms with Crippen LogP contribution in [-0.4, -0.2) is 24.1 Å². The summed E-state index contributed by atoms with van der Waals surface area (Å²) in [6, 6.07) is 2.80. The molecule has 0 fully saturated rings. The third-order valence-corrected chi connectivity index (χ3v) is 1.80. The maximum atomic E-state index is 11.2. The fourth-order valence-electron chi connectivity index (χ4n) is 0.693. The summed E-state index contributed by atoms with van der Waals surface area (Å²) in [5, 5.41) is 0. The van der Waals surface area contributed by atoms with Crippen LogP contribution < -0.4 is 5.84 Å². The molecule has 13 heavy (non-hydrogen) atoms. The van der Waals surface area contributed by atoms with Crippen molar-refractivity contribution in [2.24, 2.45) is 5.84 Å². The zero-order chi connectivity index (χ0) is 9.84. The van der Waals surface area contributed by atoms with Crippen LogP contribution in [0.25, 0.3) is 0 Å². The highest BCUT2D eigenvalue weighted by molar-refractivity contribution is 7.77. The Balaban J connectivity index is 2.86. The first-order valence-electron chi connectivity index (χ1n) is 3.23. The molecule has 1 atom stereocenters. The first-order valence-corrected chi connectivity index (χ1v) is 4.29. The number of hydrazine groups is 1. The summed E-state index contributed by atoms with van der Waals surface area (Å²) >= 11 is -2.50. The number of carbonyl (C=O) groups is 1. The Bertz CT molecular complexity index is 329. The highest BCUT2D eigenvalue weighted by Gasteiger charge is 2.15. The third kappa shape index (κ3) is 2.31. The van der Waals surface area contributed by atoms with Gasteiger partial charge in [0.05, 0.1) is 0 Å². The van der Waals surface area contributed by atoms with Crippen LogP contribution in [0.5, 0.6) is 0 Å². The lowest BCUT2D eigenvalue weighted by Gasteiger charge is -2.09. The molecule has 1 heterocycles. The van der Waals surface area contributed by atoms with E-state index in [2.05, 4.69) is 4.98 Å². The maximum Gasteiger partial charge on any atom is 0.281 e. The average molecular weight is 201 g/mol. The summed E-state index contributed by atoms with van der Waals surface area (Å²) < 4.78 is 19.1. The molecule has 6 nitrogen and oxygen atoms in total. The maximum absolute atomic E-state index is 11.2. The van der Waals surface area contributed by atoms with Crippen LogP contribution in [0.15, 0.2) is 24.5 Å². The van der Waals surface area contributed by atoms with E-state index in [0.29, 0.717) is 0 Å². The van der Waals surface area contributed by atoms with Crippen LogP contribution >= 0.6 is 0 Å². The van der Waals surface area contributed by atoms with E-state index < -0.39 is 17.2 Å². The normalized spacial score (nSPS) is 12.2. The number of aromatic nitrogens is 1. The summed E-state index contributed by atoms with van der Waals surface area (Å²) in [4.78, 5) is 14.9. The lowest BCUT2D eigenvalue weighted by Crippen LogP contribution is -2.38. The number of carbonyl (C=O) groups excluding carboxylic acids is 1. The summed E-state index contributed by atoms with van der Waals surface area (Å²) in [5.41, 5.74) is 0.208. The molecule has 0 aliphatic heterocycles. The Morgan fingerprint density at radius 3 is 2.54 bits per heavy atom. The molecule has 70 valence electrons. The van der Waals surface area contributed by atoms with E-state index in [1.807, 2.05) is 0 Å². The molecule has 1 amide bonds. The van der Waals surface area contributed by atoms with Crippen molar-refractivity contribution in [2.75, 3.05) is 0 Å². The molecule has 7 heteroatoms. The zero-order valence-corrected chi connectivity index (χ0v) is 7.27. The molecule has 0 spiro atoms. The molecule has 1 aromatic heterocycles. The van der Waals surface area contributed by atoms with E-state index >= 15 is 0 Å². The molecule has 1 rings (SSSR count). The number of amides is 1. The molecule has 0 saturated heterocycles. The highest BCUT2D eigenvalue weighted by atomic mass is 32.2. The zero-order valence-electron chi connectivity index (χ0n) is 6.45. The quantitative estimate of drug-likeness (QED) is 0.292. The Labute approximate surface area is 76.8 Å². The predicted octanol–water partition coefficient (Wildman–Crippen LogP) is -0.466. The van der Waals surface area contributed by atoms with Gasteiger partial charge in [-0.05, 0) is 12.1 Å². The van der Waals surface area contributed by atoms with E-state index in [4.69, 9.17) is 10.4 Å². The van der Waals surface area contributed by atoms with Gasteiger partial charge in [-0.25, -0.2) is 10.1 Å². The van der Waals surface area contributed by atoms with Crippen molar-refractivity contribution >= 4 is 17.2 Å². The van der Waals surface area contributed by atoms with Gasteiger partial charge < -0.3 is 0 Å². The van der Waals surface area contributed by atoms with Crippen LogP contribution in [-0.2, 0) is 11.3 Å². The van der Waals surface area contributed by atoms with Crippen molar-refractivity contribution < 1.29 is 13.6 Å². The lowest BCUT2D eigenvalue weighted by molar-refractivity contribution is 0.0859. The van der Waals surface area contributed by atoms with E-state index in [0.717, 1.165) is 0 Å². The molecule has 0 aliphatic carbocycles. The van der Waals surface area contributed by atoms with Gasteiger partial charge in [-0.2, -0.15) is 4.41 Å². The van der Waals surface area contributed by atoms with Gasteiger partial charge in [0.15, 0.2) is 0 Å². The molecule has 0 radical (unpaired) electrons. The third-order valence-electron chi connectivity index (χ3n) is 1.30. The van der Waals surface area contributed by atoms with E-state index in [9.17, 15) is 9.00 Å². The van der Waals surface area contributed by atoms with Gasteiger partial charge in [0.25, 0.3) is 17.2 Å². The monoisotopic (exact) mass is 201 g/mol. The van der Waals surface area contributed by atoms with Gasteiger partial charge in [0.2, 0.25) is 0 Å². The van der Waals surface area contributed by atoms with Crippen molar-refractivity contribution in [3.63, 3.8) is 0 Å². The van der Waals surface area contributed by atoms with Crippen molar-refractivity contribution in [3.8, 4) is 0 Å². The Morgan fingerprint density at radius 2 is 2.08 bits per heavy atom. The minimum atomic E-state index is -2.50.